The van der Waals surface area contributed by atoms with Gasteiger partial charge in [0.05, 0.1) is 19.1 Å². The second-order valence-electron chi connectivity index (χ2n) is 4.56. The van der Waals surface area contributed by atoms with E-state index in [-0.39, 0.29) is 12.3 Å². The first-order chi connectivity index (χ1) is 9.77. The maximum absolute atomic E-state index is 11.7. The third kappa shape index (κ3) is 2.86. The van der Waals surface area contributed by atoms with Gasteiger partial charge >= 0.3 is 5.97 Å². The van der Waals surface area contributed by atoms with E-state index in [1.54, 1.807) is 12.1 Å². The Morgan fingerprint density at radius 3 is 2.57 bits per heavy atom. The molecule has 2 aromatic rings. The second kappa shape index (κ2) is 5.38. The molecule has 0 fully saturated rings. The molecule has 0 unspecified atom stereocenters. The number of furan rings is 1. The minimum Gasteiger partial charge on any atom is -0.463 e. The fourth-order valence-corrected chi connectivity index (χ4v) is 2.49. The highest BCUT2D eigenvalue weighted by atomic mass is 32.2. The maximum atomic E-state index is 11.7. The molecule has 21 heavy (non-hydrogen) atoms. The number of fused-ring (bicyclic) bond motifs is 1. The van der Waals surface area contributed by atoms with Gasteiger partial charge in [-0.05, 0) is 17.7 Å². The summed E-state index contributed by atoms with van der Waals surface area (Å²) in [7, 11) is -0.743. The van der Waals surface area contributed by atoms with Crippen molar-refractivity contribution < 1.29 is 22.4 Å². The molecule has 1 aromatic carbocycles. The van der Waals surface area contributed by atoms with E-state index in [1.807, 2.05) is 0 Å². The van der Waals surface area contributed by atoms with Crippen LogP contribution in [0.25, 0.3) is 11.0 Å². The third-order valence-corrected chi connectivity index (χ3v) is 4.35. The Balaban J connectivity index is 2.64. The number of benzene rings is 1. The maximum Gasteiger partial charge on any atom is 0.373 e. The van der Waals surface area contributed by atoms with E-state index >= 15 is 0 Å². The van der Waals surface area contributed by atoms with Crippen LogP contribution in [-0.2, 0) is 21.3 Å². The number of nitrogens with zero attached hydrogens (tertiary/aromatic N) is 1. The number of methoxy groups -OCH3 is 1. The minimum atomic E-state index is -3.43. The smallest absolute Gasteiger partial charge is 0.373 e. The van der Waals surface area contributed by atoms with Crippen molar-refractivity contribution in [1.82, 2.24) is 0 Å². The Bertz CT molecular complexity index is 794. The van der Waals surface area contributed by atoms with Crippen molar-refractivity contribution >= 4 is 32.6 Å². The SMILES string of the molecule is COC(=O)c1cc2cc(CN)c(N(C)S(C)(=O)=O)cc2o1. The summed E-state index contributed by atoms with van der Waals surface area (Å²) in [6, 6.07) is 4.78. The van der Waals surface area contributed by atoms with Crippen LogP contribution in [0.3, 0.4) is 0 Å². The van der Waals surface area contributed by atoms with Crippen molar-refractivity contribution in [3.8, 4) is 0 Å². The van der Waals surface area contributed by atoms with Crippen molar-refractivity contribution in [2.45, 2.75) is 6.54 Å². The van der Waals surface area contributed by atoms with Gasteiger partial charge in [-0.3, -0.25) is 4.31 Å². The number of carbonyl (C=O) groups is 1. The highest BCUT2D eigenvalue weighted by Gasteiger charge is 2.19. The van der Waals surface area contributed by atoms with E-state index in [9.17, 15) is 13.2 Å². The molecule has 2 rings (SSSR count). The molecule has 8 heteroatoms. The summed E-state index contributed by atoms with van der Waals surface area (Å²) in [5.74, 6) is -0.548. The molecule has 1 heterocycles. The highest BCUT2D eigenvalue weighted by Crippen LogP contribution is 2.30. The summed E-state index contributed by atoms with van der Waals surface area (Å²) < 4.78 is 34.4. The highest BCUT2D eigenvalue weighted by molar-refractivity contribution is 7.92. The van der Waals surface area contributed by atoms with Crippen molar-refractivity contribution in [2.75, 3.05) is 24.7 Å². The van der Waals surface area contributed by atoms with Crippen LogP contribution in [0.1, 0.15) is 16.1 Å². The largest absolute Gasteiger partial charge is 0.463 e. The second-order valence-corrected chi connectivity index (χ2v) is 6.57. The Morgan fingerprint density at radius 2 is 2.05 bits per heavy atom. The molecule has 0 radical (unpaired) electrons. The molecule has 0 aliphatic rings. The molecule has 2 N–H and O–H groups in total. The minimum absolute atomic E-state index is 0.0506. The fourth-order valence-electron chi connectivity index (χ4n) is 1.96. The van der Waals surface area contributed by atoms with Gasteiger partial charge in [-0.1, -0.05) is 0 Å². The van der Waals surface area contributed by atoms with Gasteiger partial charge in [-0.2, -0.15) is 0 Å². The third-order valence-electron chi connectivity index (χ3n) is 3.16. The zero-order valence-electron chi connectivity index (χ0n) is 11.9. The van der Waals surface area contributed by atoms with Crippen molar-refractivity contribution in [3.05, 3.63) is 29.5 Å². The Hall–Kier alpha value is -2.06. The van der Waals surface area contributed by atoms with Crippen LogP contribution in [0.2, 0.25) is 0 Å². The lowest BCUT2D eigenvalue weighted by atomic mass is 10.1. The molecular weight excluding hydrogens is 296 g/mol. The molecule has 0 atom stereocenters. The van der Waals surface area contributed by atoms with Crippen LogP contribution >= 0.6 is 0 Å². The standard InChI is InChI=1S/C13H16N2O5S/c1-15(21(3,17)18)10-6-11-8(4-9(10)7-14)5-12(20-11)13(16)19-2/h4-6H,7,14H2,1-3H3. The fraction of sp³-hybridized carbons (Fsp3) is 0.308. The van der Waals surface area contributed by atoms with Crippen molar-refractivity contribution in [1.29, 1.82) is 0 Å². The number of anilines is 1. The van der Waals surface area contributed by atoms with Crippen molar-refractivity contribution in [2.24, 2.45) is 5.73 Å². The van der Waals surface area contributed by atoms with Gasteiger partial charge in [0, 0.05) is 25.0 Å². The number of carbonyl (C=O) groups excluding carboxylic acids is 1. The van der Waals surface area contributed by atoms with Gasteiger partial charge in [0.1, 0.15) is 5.58 Å². The number of hydrogen-bond acceptors (Lipinski definition) is 6. The Labute approximate surface area is 122 Å². The summed E-state index contributed by atoms with van der Waals surface area (Å²) in [4.78, 5) is 11.5. The zero-order chi connectivity index (χ0) is 15.8. The van der Waals surface area contributed by atoms with Gasteiger partial charge in [0.25, 0.3) is 0 Å². The van der Waals surface area contributed by atoms with E-state index < -0.39 is 16.0 Å². The van der Waals surface area contributed by atoms with Gasteiger partial charge in [-0.15, -0.1) is 0 Å². The molecule has 1 aromatic heterocycles. The van der Waals surface area contributed by atoms with E-state index in [1.165, 1.54) is 20.2 Å². The Kier molecular flexibility index (Phi) is 3.93. The number of ether oxygens (including phenoxy) is 1. The van der Waals surface area contributed by atoms with Gasteiger partial charge in [-0.25, -0.2) is 13.2 Å². The topological polar surface area (TPSA) is 103 Å². The van der Waals surface area contributed by atoms with E-state index in [0.29, 0.717) is 22.2 Å². The first-order valence-corrected chi connectivity index (χ1v) is 7.91. The normalized spacial score (nSPS) is 11.6. The van der Waals surface area contributed by atoms with Gasteiger partial charge < -0.3 is 14.9 Å². The van der Waals surface area contributed by atoms with E-state index in [0.717, 1.165) is 10.6 Å². The number of rotatable bonds is 4. The molecule has 0 saturated carbocycles. The van der Waals surface area contributed by atoms with E-state index in [4.69, 9.17) is 10.2 Å². The molecule has 0 aliphatic heterocycles. The Morgan fingerprint density at radius 1 is 1.38 bits per heavy atom. The molecule has 0 bridgehead atoms. The molecule has 0 aliphatic carbocycles. The summed E-state index contributed by atoms with van der Waals surface area (Å²) in [5.41, 5.74) is 7.11. The van der Waals surface area contributed by atoms with E-state index in [2.05, 4.69) is 4.74 Å². The summed E-state index contributed by atoms with van der Waals surface area (Å²) in [6.45, 7) is 0.157. The van der Waals surface area contributed by atoms with Gasteiger partial charge in [0.15, 0.2) is 0 Å². The quantitative estimate of drug-likeness (QED) is 0.847. The van der Waals surface area contributed by atoms with Crippen LogP contribution in [0.15, 0.2) is 22.6 Å². The molecule has 114 valence electrons. The number of nitrogens with two attached hydrogens (primary N) is 1. The number of sulfonamides is 1. The monoisotopic (exact) mass is 312 g/mol. The van der Waals surface area contributed by atoms with Crippen molar-refractivity contribution in [3.63, 3.8) is 0 Å². The average Bonchev–Trinajstić information content (AvgIpc) is 2.85. The summed E-state index contributed by atoms with van der Waals surface area (Å²) in [5, 5.41) is 0.654. The molecule has 0 saturated heterocycles. The van der Waals surface area contributed by atoms with Crippen LogP contribution in [0.4, 0.5) is 5.69 Å². The number of hydrogen-bond donors (Lipinski definition) is 1. The number of esters is 1. The first kappa shape index (κ1) is 15.3. The predicted octanol–water partition coefficient (Wildman–Crippen LogP) is 1.07. The van der Waals surface area contributed by atoms with Crippen LogP contribution in [0.5, 0.6) is 0 Å². The lowest BCUT2D eigenvalue weighted by Gasteiger charge is -2.19. The molecule has 0 spiro atoms. The summed E-state index contributed by atoms with van der Waals surface area (Å²) >= 11 is 0. The average molecular weight is 312 g/mol. The lowest BCUT2D eigenvalue weighted by molar-refractivity contribution is 0.0567. The molecule has 0 amide bonds. The zero-order valence-corrected chi connectivity index (χ0v) is 12.7. The molecule has 7 nitrogen and oxygen atoms in total. The van der Waals surface area contributed by atoms with Gasteiger partial charge in [0.2, 0.25) is 15.8 Å². The lowest BCUT2D eigenvalue weighted by Crippen LogP contribution is -2.26. The predicted molar refractivity (Wildman–Crippen MR) is 78.7 cm³/mol. The van der Waals surface area contributed by atoms with Crippen LogP contribution in [-0.4, -0.2) is 34.8 Å². The van der Waals surface area contributed by atoms with Crippen LogP contribution in [0, 0.1) is 0 Å². The molecular formula is C13H16N2O5S. The summed E-state index contributed by atoms with van der Waals surface area (Å²) in [6.07, 6.45) is 1.10. The van der Waals surface area contributed by atoms with Crippen LogP contribution < -0.4 is 10.0 Å². The first-order valence-electron chi connectivity index (χ1n) is 6.06.